The maximum Gasteiger partial charge on any atom is 0.215 e. The lowest BCUT2D eigenvalue weighted by atomic mass is 10.1. The highest BCUT2D eigenvalue weighted by molar-refractivity contribution is 6.33. The summed E-state index contributed by atoms with van der Waals surface area (Å²) in [7, 11) is 0. The highest BCUT2D eigenvalue weighted by atomic mass is 35.5. The molecule has 0 aliphatic carbocycles. The minimum atomic E-state index is -1.52. The zero-order chi connectivity index (χ0) is 11.1. The van der Waals surface area contributed by atoms with E-state index in [9.17, 15) is 4.39 Å². The predicted octanol–water partition coefficient (Wildman–Crippen LogP) is 3.81. The van der Waals surface area contributed by atoms with E-state index < -0.39 is 5.63 Å². The highest BCUT2D eigenvalue weighted by Crippen LogP contribution is 2.11. The number of nitrogens with zero attached hydrogens (tertiary/aromatic N) is 1. The van der Waals surface area contributed by atoms with E-state index >= 15 is 0 Å². The van der Waals surface area contributed by atoms with Crippen LogP contribution < -0.4 is 0 Å². The SMILES string of the molecule is CCCCN=C(c1ccccc1)C(F)Cl. The topological polar surface area (TPSA) is 12.4 Å². The minimum Gasteiger partial charge on any atom is -0.285 e. The molecule has 0 aliphatic rings. The number of halogens is 2. The monoisotopic (exact) mass is 227 g/mol. The smallest absolute Gasteiger partial charge is 0.215 e. The first-order chi connectivity index (χ1) is 7.25. The van der Waals surface area contributed by atoms with Crippen molar-refractivity contribution in [3.8, 4) is 0 Å². The first-order valence-electron chi connectivity index (χ1n) is 5.13. The summed E-state index contributed by atoms with van der Waals surface area (Å²) < 4.78 is 13.1. The van der Waals surface area contributed by atoms with Crippen molar-refractivity contribution in [3.63, 3.8) is 0 Å². The third kappa shape index (κ3) is 4.00. The zero-order valence-electron chi connectivity index (χ0n) is 8.79. The lowest BCUT2D eigenvalue weighted by Gasteiger charge is -2.06. The molecule has 0 saturated carbocycles. The van der Waals surface area contributed by atoms with Crippen LogP contribution in [0.2, 0.25) is 0 Å². The van der Waals surface area contributed by atoms with Gasteiger partial charge in [-0.25, -0.2) is 4.39 Å². The van der Waals surface area contributed by atoms with Crippen LogP contribution in [0, 0.1) is 0 Å². The second-order valence-corrected chi connectivity index (χ2v) is 3.67. The van der Waals surface area contributed by atoms with Crippen LogP contribution in [0.5, 0.6) is 0 Å². The third-order valence-corrected chi connectivity index (χ3v) is 2.28. The van der Waals surface area contributed by atoms with E-state index in [0.29, 0.717) is 12.3 Å². The average Bonchev–Trinajstić information content (AvgIpc) is 2.25. The second kappa shape index (κ2) is 6.57. The second-order valence-electron chi connectivity index (χ2n) is 3.29. The Morgan fingerprint density at radius 2 is 2.07 bits per heavy atom. The van der Waals surface area contributed by atoms with E-state index in [2.05, 4.69) is 11.9 Å². The molecule has 3 heteroatoms. The summed E-state index contributed by atoms with van der Waals surface area (Å²) in [5, 5.41) is 0. The van der Waals surface area contributed by atoms with Gasteiger partial charge in [-0.1, -0.05) is 55.3 Å². The summed E-state index contributed by atoms with van der Waals surface area (Å²) in [6.45, 7) is 2.71. The molecule has 0 radical (unpaired) electrons. The molecule has 82 valence electrons. The van der Waals surface area contributed by atoms with Crippen molar-refractivity contribution in [2.24, 2.45) is 4.99 Å². The number of alkyl halides is 2. The number of rotatable bonds is 5. The van der Waals surface area contributed by atoms with E-state index in [1.54, 1.807) is 0 Å². The number of hydrogen-bond acceptors (Lipinski definition) is 1. The summed E-state index contributed by atoms with van der Waals surface area (Å²) in [6.07, 6.45) is 2.00. The van der Waals surface area contributed by atoms with E-state index in [-0.39, 0.29) is 0 Å². The Labute approximate surface area is 95.0 Å². The third-order valence-electron chi connectivity index (χ3n) is 2.07. The summed E-state index contributed by atoms with van der Waals surface area (Å²) in [6, 6.07) is 9.22. The van der Waals surface area contributed by atoms with Gasteiger partial charge >= 0.3 is 0 Å². The fourth-order valence-corrected chi connectivity index (χ4v) is 1.45. The van der Waals surface area contributed by atoms with Crippen LogP contribution in [-0.2, 0) is 0 Å². The maximum absolute atomic E-state index is 13.1. The molecule has 1 aromatic carbocycles. The quantitative estimate of drug-likeness (QED) is 0.412. The molecule has 0 heterocycles. The zero-order valence-corrected chi connectivity index (χ0v) is 9.54. The molecule has 1 nitrogen and oxygen atoms in total. The molecule has 1 atom stereocenters. The molecule has 0 N–H and O–H groups in total. The van der Waals surface area contributed by atoms with Gasteiger partial charge in [0.25, 0.3) is 0 Å². The summed E-state index contributed by atoms with van der Waals surface area (Å²) in [4.78, 5) is 4.19. The number of unbranched alkanes of at least 4 members (excludes halogenated alkanes) is 1. The van der Waals surface area contributed by atoms with Gasteiger partial charge in [0.15, 0.2) is 0 Å². The lowest BCUT2D eigenvalue weighted by Crippen LogP contribution is -2.11. The van der Waals surface area contributed by atoms with E-state index in [4.69, 9.17) is 11.6 Å². The van der Waals surface area contributed by atoms with Crippen molar-refractivity contribution >= 4 is 17.3 Å². The van der Waals surface area contributed by atoms with Gasteiger partial charge in [-0.05, 0) is 12.0 Å². The molecule has 0 saturated heterocycles. The largest absolute Gasteiger partial charge is 0.285 e. The normalized spacial score (nSPS) is 13.9. The van der Waals surface area contributed by atoms with Gasteiger partial charge in [0.1, 0.15) is 0 Å². The van der Waals surface area contributed by atoms with Crippen molar-refractivity contribution < 1.29 is 4.39 Å². The van der Waals surface area contributed by atoms with Crippen LogP contribution in [0.4, 0.5) is 4.39 Å². The van der Waals surface area contributed by atoms with Crippen LogP contribution in [0.1, 0.15) is 25.3 Å². The predicted molar refractivity (Wildman–Crippen MR) is 63.5 cm³/mol. The Hall–Kier alpha value is -0.890. The van der Waals surface area contributed by atoms with Crippen molar-refractivity contribution in [1.29, 1.82) is 0 Å². The van der Waals surface area contributed by atoms with Crippen molar-refractivity contribution in [2.45, 2.75) is 25.4 Å². The van der Waals surface area contributed by atoms with Gasteiger partial charge in [-0.15, -0.1) is 0 Å². The molecule has 0 bridgehead atoms. The molecule has 0 amide bonds. The number of hydrogen-bond donors (Lipinski definition) is 0. The molecule has 0 spiro atoms. The van der Waals surface area contributed by atoms with Gasteiger partial charge in [0.05, 0.1) is 5.71 Å². The molecule has 0 fully saturated rings. The Kier molecular flexibility index (Phi) is 5.33. The summed E-state index contributed by atoms with van der Waals surface area (Å²) >= 11 is 5.46. The fraction of sp³-hybridized carbons (Fsp3) is 0.417. The van der Waals surface area contributed by atoms with Gasteiger partial charge in [0, 0.05) is 6.54 Å². The minimum absolute atomic E-state index is 0.339. The van der Waals surface area contributed by atoms with Crippen LogP contribution in [0.3, 0.4) is 0 Å². The van der Waals surface area contributed by atoms with Crippen LogP contribution in [0.25, 0.3) is 0 Å². The molecule has 1 aromatic rings. The van der Waals surface area contributed by atoms with E-state index in [1.165, 1.54) is 0 Å². The van der Waals surface area contributed by atoms with Crippen LogP contribution in [-0.4, -0.2) is 17.9 Å². The Balaban J connectivity index is 2.79. The fourth-order valence-electron chi connectivity index (χ4n) is 1.25. The van der Waals surface area contributed by atoms with Crippen molar-refractivity contribution in [2.75, 3.05) is 6.54 Å². The number of aliphatic imine (C=N–C) groups is 1. The number of benzene rings is 1. The maximum atomic E-state index is 13.1. The highest BCUT2D eigenvalue weighted by Gasteiger charge is 2.12. The standard InChI is InChI=1S/C12H15ClFN/c1-2-3-9-15-11(12(13)14)10-7-5-4-6-8-10/h4-8,12H,2-3,9H2,1H3. The first kappa shape index (κ1) is 12.2. The van der Waals surface area contributed by atoms with Gasteiger partial charge in [-0.2, -0.15) is 0 Å². The molecule has 15 heavy (non-hydrogen) atoms. The summed E-state index contributed by atoms with van der Waals surface area (Å²) in [5.74, 6) is 0. The first-order valence-corrected chi connectivity index (χ1v) is 5.57. The molecule has 0 aliphatic heterocycles. The molecular formula is C12H15ClFN. The molecule has 1 rings (SSSR count). The van der Waals surface area contributed by atoms with Crippen molar-refractivity contribution in [1.82, 2.24) is 0 Å². The molecular weight excluding hydrogens is 213 g/mol. The van der Waals surface area contributed by atoms with E-state index in [0.717, 1.165) is 18.4 Å². The molecule has 1 unspecified atom stereocenters. The van der Waals surface area contributed by atoms with Crippen molar-refractivity contribution in [3.05, 3.63) is 35.9 Å². The van der Waals surface area contributed by atoms with Gasteiger partial charge in [-0.3, -0.25) is 4.99 Å². The van der Waals surface area contributed by atoms with Crippen LogP contribution in [0.15, 0.2) is 35.3 Å². The molecule has 0 aromatic heterocycles. The Morgan fingerprint density at radius 1 is 1.40 bits per heavy atom. The lowest BCUT2D eigenvalue weighted by molar-refractivity contribution is 0.533. The Morgan fingerprint density at radius 3 is 2.60 bits per heavy atom. The Bertz CT molecular complexity index is 309. The van der Waals surface area contributed by atoms with Gasteiger partial charge in [0.2, 0.25) is 5.63 Å². The van der Waals surface area contributed by atoms with E-state index in [1.807, 2.05) is 30.3 Å². The van der Waals surface area contributed by atoms with Crippen LogP contribution >= 0.6 is 11.6 Å². The average molecular weight is 228 g/mol. The summed E-state index contributed by atoms with van der Waals surface area (Å²) in [5.41, 5.74) is -0.425. The van der Waals surface area contributed by atoms with Gasteiger partial charge < -0.3 is 0 Å².